The quantitative estimate of drug-likeness (QED) is 0.873. The second-order valence-corrected chi connectivity index (χ2v) is 4.93. The predicted molar refractivity (Wildman–Crippen MR) is 75.7 cm³/mol. The lowest BCUT2D eigenvalue weighted by atomic mass is 10.2. The van der Waals surface area contributed by atoms with Crippen LogP contribution in [0.25, 0.3) is 0 Å². The number of carbonyl (C=O) groups is 1. The summed E-state index contributed by atoms with van der Waals surface area (Å²) < 4.78 is 6.07. The van der Waals surface area contributed by atoms with Gasteiger partial charge in [-0.15, -0.1) is 0 Å². The molecule has 0 saturated carbocycles. The zero-order chi connectivity index (χ0) is 13.5. The fourth-order valence-corrected chi connectivity index (χ4v) is 2.18. The lowest BCUT2D eigenvalue weighted by Gasteiger charge is -2.17. The molecular formula is C13H19BrN2O2. The summed E-state index contributed by atoms with van der Waals surface area (Å²) in [6.07, 6.45) is 0.518. The van der Waals surface area contributed by atoms with Gasteiger partial charge in [0.15, 0.2) is 0 Å². The van der Waals surface area contributed by atoms with Gasteiger partial charge < -0.3 is 15.0 Å². The fourth-order valence-electron chi connectivity index (χ4n) is 1.59. The Balaban J connectivity index is 2.61. The van der Waals surface area contributed by atoms with Gasteiger partial charge in [-0.05, 0) is 40.7 Å². The summed E-state index contributed by atoms with van der Waals surface area (Å²) in [7, 11) is 5.29. The van der Waals surface area contributed by atoms with Gasteiger partial charge in [-0.1, -0.05) is 6.07 Å². The molecule has 1 aromatic rings. The Kier molecular flexibility index (Phi) is 6.15. The maximum atomic E-state index is 11.8. The number of ether oxygens (including phenoxy) is 1. The van der Waals surface area contributed by atoms with E-state index in [1.165, 1.54) is 0 Å². The highest BCUT2D eigenvalue weighted by Crippen LogP contribution is 2.25. The van der Waals surface area contributed by atoms with E-state index in [0.29, 0.717) is 19.5 Å². The number of rotatable bonds is 6. The Morgan fingerprint density at radius 1 is 1.50 bits per heavy atom. The third-order valence-electron chi connectivity index (χ3n) is 2.65. The van der Waals surface area contributed by atoms with Crippen molar-refractivity contribution in [3.8, 4) is 5.75 Å². The molecule has 0 radical (unpaired) electrons. The van der Waals surface area contributed by atoms with E-state index in [9.17, 15) is 4.79 Å². The Morgan fingerprint density at radius 3 is 2.78 bits per heavy atom. The van der Waals surface area contributed by atoms with Crippen molar-refractivity contribution >= 4 is 21.8 Å². The lowest BCUT2D eigenvalue weighted by molar-refractivity contribution is -0.130. The van der Waals surface area contributed by atoms with E-state index >= 15 is 0 Å². The molecule has 4 nitrogen and oxygen atoms in total. The second-order valence-electron chi connectivity index (χ2n) is 4.07. The van der Waals surface area contributed by atoms with Crippen molar-refractivity contribution in [2.24, 2.45) is 0 Å². The van der Waals surface area contributed by atoms with Gasteiger partial charge >= 0.3 is 0 Å². The minimum absolute atomic E-state index is 0.135. The Hall–Kier alpha value is -1.07. The Bertz CT molecular complexity index is 410. The molecule has 0 atom stereocenters. The van der Waals surface area contributed by atoms with Gasteiger partial charge in [0.1, 0.15) is 5.75 Å². The minimum atomic E-state index is 0.135. The SMILES string of the molecule is CNCCC(=O)N(C)Cc1ccc(OC)c(Br)c1. The molecular weight excluding hydrogens is 296 g/mol. The van der Waals surface area contributed by atoms with Crippen LogP contribution in [0.5, 0.6) is 5.75 Å². The van der Waals surface area contributed by atoms with Crippen LogP contribution >= 0.6 is 15.9 Å². The van der Waals surface area contributed by atoms with Gasteiger partial charge in [0.2, 0.25) is 5.91 Å². The molecule has 1 N–H and O–H groups in total. The van der Waals surface area contributed by atoms with E-state index in [1.54, 1.807) is 12.0 Å². The van der Waals surface area contributed by atoms with Crippen molar-refractivity contribution in [2.75, 3.05) is 27.7 Å². The minimum Gasteiger partial charge on any atom is -0.496 e. The molecule has 0 aliphatic rings. The highest BCUT2D eigenvalue weighted by Gasteiger charge is 2.09. The molecule has 1 rings (SSSR count). The highest BCUT2D eigenvalue weighted by atomic mass is 79.9. The largest absolute Gasteiger partial charge is 0.496 e. The number of hydrogen-bond acceptors (Lipinski definition) is 3. The van der Waals surface area contributed by atoms with Crippen LogP contribution in [0.4, 0.5) is 0 Å². The monoisotopic (exact) mass is 314 g/mol. The van der Waals surface area contributed by atoms with Crippen LogP contribution in [0.1, 0.15) is 12.0 Å². The maximum Gasteiger partial charge on any atom is 0.223 e. The first-order chi connectivity index (χ1) is 8.58. The van der Waals surface area contributed by atoms with Crippen LogP contribution in [-0.4, -0.2) is 38.6 Å². The number of amides is 1. The van der Waals surface area contributed by atoms with Crippen LogP contribution in [-0.2, 0) is 11.3 Å². The fraction of sp³-hybridized carbons (Fsp3) is 0.462. The van der Waals surface area contributed by atoms with E-state index < -0.39 is 0 Å². The summed E-state index contributed by atoms with van der Waals surface area (Å²) in [5, 5.41) is 2.97. The zero-order valence-corrected chi connectivity index (χ0v) is 12.6. The van der Waals surface area contributed by atoms with E-state index in [0.717, 1.165) is 15.8 Å². The Morgan fingerprint density at radius 2 is 2.22 bits per heavy atom. The third kappa shape index (κ3) is 4.31. The number of benzene rings is 1. The highest BCUT2D eigenvalue weighted by molar-refractivity contribution is 9.10. The number of hydrogen-bond donors (Lipinski definition) is 1. The molecule has 1 amide bonds. The molecule has 18 heavy (non-hydrogen) atoms. The van der Waals surface area contributed by atoms with Gasteiger partial charge in [-0.2, -0.15) is 0 Å². The lowest BCUT2D eigenvalue weighted by Crippen LogP contribution is -2.28. The van der Waals surface area contributed by atoms with Crippen molar-refractivity contribution in [3.63, 3.8) is 0 Å². The van der Waals surface area contributed by atoms with Gasteiger partial charge in [-0.3, -0.25) is 4.79 Å². The van der Waals surface area contributed by atoms with E-state index in [4.69, 9.17) is 4.74 Å². The number of nitrogens with zero attached hydrogens (tertiary/aromatic N) is 1. The van der Waals surface area contributed by atoms with Crippen LogP contribution in [0, 0.1) is 0 Å². The average molecular weight is 315 g/mol. The molecule has 0 aliphatic heterocycles. The van der Waals surface area contributed by atoms with Gasteiger partial charge in [-0.25, -0.2) is 0 Å². The first-order valence-corrected chi connectivity index (χ1v) is 6.58. The standard InChI is InChI=1S/C13H19BrN2O2/c1-15-7-6-13(17)16(2)9-10-4-5-12(18-3)11(14)8-10/h4-5,8,15H,6-7,9H2,1-3H3. The summed E-state index contributed by atoms with van der Waals surface area (Å²) in [4.78, 5) is 13.5. The van der Waals surface area contributed by atoms with E-state index in [1.807, 2.05) is 32.3 Å². The van der Waals surface area contributed by atoms with Crippen LogP contribution in [0.2, 0.25) is 0 Å². The number of halogens is 1. The molecule has 5 heteroatoms. The molecule has 0 bridgehead atoms. The van der Waals surface area contributed by atoms with Crippen LogP contribution in [0.3, 0.4) is 0 Å². The zero-order valence-electron chi connectivity index (χ0n) is 11.0. The maximum absolute atomic E-state index is 11.8. The van der Waals surface area contributed by atoms with Crippen LogP contribution in [0.15, 0.2) is 22.7 Å². The van der Waals surface area contributed by atoms with E-state index in [-0.39, 0.29) is 5.91 Å². The predicted octanol–water partition coefficient (Wildman–Crippen LogP) is 2.03. The summed E-state index contributed by atoms with van der Waals surface area (Å²) in [6.45, 7) is 1.31. The molecule has 0 aromatic heterocycles. The molecule has 1 aromatic carbocycles. The molecule has 0 unspecified atom stereocenters. The van der Waals surface area contributed by atoms with Crippen molar-refractivity contribution in [3.05, 3.63) is 28.2 Å². The number of carbonyl (C=O) groups excluding carboxylic acids is 1. The molecule has 0 spiro atoms. The Labute approximate surface area is 116 Å². The van der Waals surface area contributed by atoms with Gasteiger partial charge in [0.05, 0.1) is 11.6 Å². The first kappa shape index (κ1) is 15.0. The molecule has 0 heterocycles. The van der Waals surface area contributed by atoms with Gasteiger partial charge in [0.25, 0.3) is 0 Å². The van der Waals surface area contributed by atoms with Gasteiger partial charge in [0, 0.05) is 26.6 Å². The smallest absolute Gasteiger partial charge is 0.223 e. The second kappa shape index (κ2) is 7.38. The van der Waals surface area contributed by atoms with Crippen molar-refractivity contribution < 1.29 is 9.53 Å². The summed E-state index contributed by atoms with van der Waals surface area (Å²) in [5.74, 6) is 0.930. The first-order valence-electron chi connectivity index (χ1n) is 5.79. The summed E-state index contributed by atoms with van der Waals surface area (Å²) in [5.41, 5.74) is 1.07. The topological polar surface area (TPSA) is 41.6 Å². The summed E-state index contributed by atoms with van der Waals surface area (Å²) in [6, 6.07) is 5.83. The molecule has 0 aliphatic carbocycles. The number of nitrogens with one attached hydrogen (secondary N) is 1. The molecule has 100 valence electrons. The summed E-state index contributed by atoms with van der Waals surface area (Å²) >= 11 is 3.44. The third-order valence-corrected chi connectivity index (χ3v) is 3.27. The van der Waals surface area contributed by atoms with E-state index in [2.05, 4.69) is 21.2 Å². The van der Waals surface area contributed by atoms with Crippen molar-refractivity contribution in [2.45, 2.75) is 13.0 Å². The van der Waals surface area contributed by atoms with Crippen molar-refractivity contribution in [1.82, 2.24) is 10.2 Å². The average Bonchev–Trinajstić information content (AvgIpc) is 2.36. The van der Waals surface area contributed by atoms with Crippen molar-refractivity contribution in [1.29, 1.82) is 0 Å². The molecule has 0 fully saturated rings. The number of methoxy groups -OCH3 is 1. The molecule has 0 saturated heterocycles. The van der Waals surface area contributed by atoms with Crippen LogP contribution < -0.4 is 10.1 Å². The normalized spacial score (nSPS) is 10.2.